The van der Waals surface area contributed by atoms with Crippen LogP contribution >= 0.6 is 23.2 Å². The van der Waals surface area contributed by atoms with Gasteiger partial charge in [0, 0.05) is 16.8 Å². The van der Waals surface area contributed by atoms with Crippen molar-refractivity contribution in [3.8, 4) is 17.3 Å². The summed E-state index contributed by atoms with van der Waals surface area (Å²) in [6, 6.07) is 9.33. The Balaban J connectivity index is 2.51. The molecule has 2 aromatic rings. The molecule has 4 heteroatoms. The Kier molecular flexibility index (Phi) is 3.86. The van der Waals surface area contributed by atoms with Crippen molar-refractivity contribution in [2.75, 3.05) is 0 Å². The summed E-state index contributed by atoms with van der Waals surface area (Å²) in [4.78, 5) is 4.34. The standard InChI is InChI=1S/C14H10Cl2N2/c1-9-8-18-14(6-10(9)4-5-17)12-3-2-11(15)7-13(12)16/h2-3,6-8H,4H2,1H3. The first-order chi connectivity index (χ1) is 8.61. The number of rotatable bonds is 2. The molecule has 0 aliphatic carbocycles. The fourth-order valence-corrected chi connectivity index (χ4v) is 2.19. The number of hydrogen-bond acceptors (Lipinski definition) is 2. The average Bonchev–Trinajstić information content (AvgIpc) is 2.33. The minimum atomic E-state index is 0.368. The van der Waals surface area contributed by atoms with Crippen molar-refractivity contribution in [2.45, 2.75) is 13.3 Å². The van der Waals surface area contributed by atoms with Gasteiger partial charge in [0.1, 0.15) is 0 Å². The van der Waals surface area contributed by atoms with E-state index in [-0.39, 0.29) is 0 Å². The van der Waals surface area contributed by atoms with Crippen LogP contribution in [0.5, 0.6) is 0 Å². The molecule has 0 atom stereocenters. The predicted octanol–water partition coefficient (Wildman–Crippen LogP) is 4.43. The minimum Gasteiger partial charge on any atom is -0.256 e. The maximum absolute atomic E-state index is 8.78. The second-order valence-electron chi connectivity index (χ2n) is 3.96. The molecular weight excluding hydrogens is 267 g/mol. The Morgan fingerprint density at radius 2 is 2.06 bits per heavy atom. The van der Waals surface area contributed by atoms with Crippen LogP contribution in [0.1, 0.15) is 11.1 Å². The van der Waals surface area contributed by atoms with Gasteiger partial charge in [-0.15, -0.1) is 0 Å². The first-order valence-corrected chi connectivity index (χ1v) is 6.15. The van der Waals surface area contributed by atoms with Crippen molar-refractivity contribution in [1.29, 1.82) is 5.26 Å². The second kappa shape index (κ2) is 5.39. The van der Waals surface area contributed by atoms with Crippen LogP contribution in [0.2, 0.25) is 10.0 Å². The quantitative estimate of drug-likeness (QED) is 0.814. The second-order valence-corrected chi connectivity index (χ2v) is 4.80. The molecule has 0 radical (unpaired) electrons. The van der Waals surface area contributed by atoms with Crippen LogP contribution in [0.4, 0.5) is 0 Å². The maximum Gasteiger partial charge on any atom is 0.0720 e. The molecule has 0 bridgehead atoms. The first-order valence-electron chi connectivity index (χ1n) is 5.39. The van der Waals surface area contributed by atoms with Crippen molar-refractivity contribution in [3.05, 3.63) is 51.6 Å². The number of halogens is 2. The third-order valence-corrected chi connectivity index (χ3v) is 3.24. The van der Waals surface area contributed by atoms with Gasteiger partial charge in [-0.05, 0) is 42.3 Å². The maximum atomic E-state index is 8.78. The Hall–Kier alpha value is -1.56. The monoisotopic (exact) mass is 276 g/mol. The van der Waals surface area contributed by atoms with Gasteiger partial charge in [0.05, 0.1) is 23.2 Å². The van der Waals surface area contributed by atoms with Crippen molar-refractivity contribution in [3.63, 3.8) is 0 Å². The lowest BCUT2D eigenvalue weighted by Crippen LogP contribution is -1.92. The number of pyridine rings is 1. The van der Waals surface area contributed by atoms with Crippen molar-refractivity contribution in [1.82, 2.24) is 4.98 Å². The molecule has 0 spiro atoms. The normalized spacial score (nSPS) is 10.1. The molecule has 0 amide bonds. The van der Waals surface area contributed by atoms with Gasteiger partial charge < -0.3 is 0 Å². The molecule has 0 saturated heterocycles. The molecule has 1 aromatic heterocycles. The van der Waals surface area contributed by atoms with Crippen LogP contribution < -0.4 is 0 Å². The molecule has 2 rings (SSSR count). The molecule has 0 aliphatic rings. The lowest BCUT2D eigenvalue weighted by atomic mass is 10.0. The number of hydrogen-bond donors (Lipinski definition) is 0. The molecule has 0 aliphatic heterocycles. The van der Waals surface area contributed by atoms with Gasteiger partial charge >= 0.3 is 0 Å². The Bertz CT molecular complexity index is 630. The summed E-state index contributed by atoms with van der Waals surface area (Å²) >= 11 is 12.0. The Labute approximate surface area is 116 Å². The zero-order chi connectivity index (χ0) is 13.1. The number of nitriles is 1. The van der Waals surface area contributed by atoms with Crippen LogP contribution in [0.15, 0.2) is 30.5 Å². The van der Waals surface area contributed by atoms with Crippen LogP contribution in [0.3, 0.4) is 0 Å². The zero-order valence-corrected chi connectivity index (χ0v) is 11.3. The molecule has 2 nitrogen and oxygen atoms in total. The highest BCUT2D eigenvalue weighted by Gasteiger charge is 2.08. The van der Waals surface area contributed by atoms with E-state index < -0.39 is 0 Å². The number of aromatic nitrogens is 1. The van der Waals surface area contributed by atoms with Gasteiger partial charge in [-0.2, -0.15) is 5.26 Å². The van der Waals surface area contributed by atoms with Gasteiger partial charge in [-0.25, -0.2) is 0 Å². The van der Waals surface area contributed by atoms with Crippen molar-refractivity contribution >= 4 is 23.2 Å². The van der Waals surface area contributed by atoms with E-state index in [1.807, 2.05) is 19.1 Å². The summed E-state index contributed by atoms with van der Waals surface area (Å²) in [5.41, 5.74) is 3.55. The third kappa shape index (κ3) is 2.64. The molecular formula is C14H10Cl2N2. The van der Waals surface area contributed by atoms with Gasteiger partial charge in [-0.3, -0.25) is 4.98 Å². The Morgan fingerprint density at radius 3 is 2.72 bits per heavy atom. The highest BCUT2D eigenvalue weighted by Crippen LogP contribution is 2.29. The number of nitrogens with zero attached hydrogens (tertiary/aromatic N) is 2. The lowest BCUT2D eigenvalue weighted by molar-refractivity contribution is 1.16. The van der Waals surface area contributed by atoms with Gasteiger partial charge in [0.15, 0.2) is 0 Å². The third-order valence-electron chi connectivity index (χ3n) is 2.69. The predicted molar refractivity (Wildman–Crippen MR) is 73.7 cm³/mol. The summed E-state index contributed by atoms with van der Waals surface area (Å²) < 4.78 is 0. The van der Waals surface area contributed by atoms with Crippen molar-refractivity contribution in [2.24, 2.45) is 0 Å². The van der Waals surface area contributed by atoms with E-state index in [9.17, 15) is 0 Å². The summed E-state index contributed by atoms with van der Waals surface area (Å²) in [7, 11) is 0. The fourth-order valence-electron chi connectivity index (χ4n) is 1.69. The number of benzene rings is 1. The SMILES string of the molecule is Cc1cnc(-c2ccc(Cl)cc2Cl)cc1CC#N. The van der Waals surface area contributed by atoms with Crippen LogP contribution in [-0.4, -0.2) is 4.98 Å². The molecule has 18 heavy (non-hydrogen) atoms. The summed E-state index contributed by atoms with van der Waals surface area (Å²) in [5.74, 6) is 0. The highest BCUT2D eigenvalue weighted by molar-refractivity contribution is 6.36. The lowest BCUT2D eigenvalue weighted by Gasteiger charge is -2.07. The molecule has 0 N–H and O–H groups in total. The molecule has 90 valence electrons. The van der Waals surface area contributed by atoms with Crippen molar-refractivity contribution < 1.29 is 0 Å². The average molecular weight is 277 g/mol. The van der Waals surface area contributed by atoms with E-state index in [0.29, 0.717) is 16.5 Å². The van der Waals surface area contributed by atoms with E-state index >= 15 is 0 Å². The van der Waals surface area contributed by atoms with Crippen LogP contribution in [0.25, 0.3) is 11.3 Å². The molecule has 1 heterocycles. The fraction of sp³-hybridized carbons (Fsp3) is 0.143. The van der Waals surface area contributed by atoms with Crippen LogP contribution in [-0.2, 0) is 6.42 Å². The molecule has 0 fully saturated rings. The number of aryl methyl sites for hydroxylation is 1. The highest BCUT2D eigenvalue weighted by atomic mass is 35.5. The van der Waals surface area contributed by atoms with Gasteiger partial charge in [-0.1, -0.05) is 23.2 Å². The smallest absolute Gasteiger partial charge is 0.0720 e. The van der Waals surface area contributed by atoms with E-state index in [2.05, 4.69) is 11.1 Å². The summed E-state index contributed by atoms with van der Waals surface area (Å²) in [6.07, 6.45) is 2.12. The largest absolute Gasteiger partial charge is 0.256 e. The first kappa shape index (κ1) is 12.9. The Morgan fingerprint density at radius 1 is 1.28 bits per heavy atom. The van der Waals surface area contributed by atoms with E-state index in [1.165, 1.54) is 0 Å². The molecule has 0 saturated carbocycles. The van der Waals surface area contributed by atoms with Gasteiger partial charge in [0.25, 0.3) is 0 Å². The molecule has 0 unspecified atom stereocenters. The summed E-state index contributed by atoms with van der Waals surface area (Å²) in [6.45, 7) is 1.94. The van der Waals surface area contributed by atoms with E-state index in [4.69, 9.17) is 28.5 Å². The minimum absolute atomic E-state index is 0.368. The topological polar surface area (TPSA) is 36.7 Å². The van der Waals surface area contributed by atoms with E-state index in [0.717, 1.165) is 22.4 Å². The van der Waals surface area contributed by atoms with E-state index in [1.54, 1.807) is 18.3 Å². The van der Waals surface area contributed by atoms with Crippen LogP contribution in [0, 0.1) is 18.3 Å². The van der Waals surface area contributed by atoms with Gasteiger partial charge in [0.2, 0.25) is 0 Å². The summed E-state index contributed by atoms with van der Waals surface area (Å²) in [5, 5.41) is 9.93. The molecule has 1 aromatic carbocycles. The zero-order valence-electron chi connectivity index (χ0n) is 9.74.